The van der Waals surface area contributed by atoms with Gasteiger partial charge in [0.1, 0.15) is 0 Å². The van der Waals surface area contributed by atoms with Crippen LogP contribution in [0.4, 0.5) is 0 Å². The molecular formula is C15H13N. The number of nitrogens with zero attached hydrogens (tertiary/aromatic N) is 1. The highest BCUT2D eigenvalue weighted by molar-refractivity contribution is 6.08. The molecule has 0 aliphatic heterocycles. The van der Waals surface area contributed by atoms with Gasteiger partial charge >= 0.3 is 0 Å². The first-order valence-electron chi connectivity index (χ1n) is 5.36. The van der Waals surface area contributed by atoms with E-state index in [0.29, 0.717) is 0 Å². The second-order valence-electron chi connectivity index (χ2n) is 3.64. The van der Waals surface area contributed by atoms with E-state index < -0.39 is 0 Å². The Morgan fingerprint density at radius 2 is 1.50 bits per heavy atom. The zero-order valence-electron chi connectivity index (χ0n) is 9.49. The summed E-state index contributed by atoms with van der Waals surface area (Å²) in [5.41, 5.74) is 5.79. The molecule has 0 radical (unpaired) electrons. The summed E-state index contributed by atoms with van der Waals surface area (Å²) in [5.74, 6) is 0. The van der Waals surface area contributed by atoms with Crippen LogP contribution in [0.2, 0.25) is 0 Å². The maximum absolute atomic E-state index is 8.85. The topological polar surface area (TPSA) is 23.8 Å². The number of fused-ring (bicyclic) bond motifs is 1. The van der Waals surface area contributed by atoms with Crippen molar-refractivity contribution in [1.82, 2.24) is 0 Å². The van der Waals surface area contributed by atoms with E-state index in [1.54, 1.807) is 6.08 Å². The average molecular weight is 207 g/mol. The number of rotatable bonds is 0. The van der Waals surface area contributed by atoms with E-state index in [2.05, 4.69) is 30.4 Å². The van der Waals surface area contributed by atoms with E-state index in [1.165, 1.54) is 11.1 Å². The van der Waals surface area contributed by atoms with Gasteiger partial charge in [0.25, 0.3) is 0 Å². The van der Waals surface area contributed by atoms with Crippen LogP contribution in [-0.4, -0.2) is 0 Å². The standard InChI is InChI=1S/C15H13N/c1-3-11-12(4-2)15(9-10-16)14-8-6-5-7-13(11)14/h3-9H,1-2H3/b11-3+,12-4+,15-9+. The van der Waals surface area contributed by atoms with Crippen LogP contribution in [0.3, 0.4) is 0 Å². The van der Waals surface area contributed by atoms with Gasteiger partial charge in [-0.25, -0.2) is 0 Å². The van der Waals surface area contributed by atoms with E-state index in [4.69, 9.17) is 5.26 Å². The molecule has 0 amide bonds. The van der Waals surface area contributed by atoms with Gasteiger partial charge in [0.15, 0.2) is 0 Å². The molecule has 1 heteroatoms. The van der Waals surface area contributed by atoms with Crippen LogP contribution in [0.5, 0.6) is 0 Å². The second-order valence-corrected chi connectivity index (χ2v) is 3.64. The van der Waals surface area contributed by atoms with Crippen molar-refractivity contribution in [2.75, 3.05) is 0 Å². The molecule has 16 heavy (non-hydrogen) atoms. The molecule has 0 spiro atoms. The number of hydrogen-bond donors (Lipinski definition) is 0. The molecule has 0 atom stereocenters. The summed E-state index contributed by atoms with van der Waals surface area (Å²) in [6, 6.07) is 10.3. The zero-order valence-corrected chi connectivity index (χ0v) is 9.49. The van der Waals surface area contributed by atoms with Gasteiger partial charge in [0.2, 0.25) is 0 Å². The van der Waals surface area contributed by atoms with Crippen molar-refractivity contribution in [3.8, 4) is 6.07 Å². The summed E-state index contributed by atoms with van der Waals surface area (Å²) < 4.78 is 0. The fraction of sp³-hybridized carbons (Fsp3) is 0.133. The molecule has 0 N–H and O–H groups in total. The SMILES string of the molecule is C/C=C1C(=C/C)\c2ccccc2C\1=C\C#N. The molecular weight excluding hydrogens is 194 g/mol. The molecule has 1 nitrogen and oxygen atoms in total. The molecule has 0 bridgehead atoms. The molecule has 0 fully saturated rings. The second kappa shape index (κ2) is 4.20. The van der Waals surface area contributed by atoms with Gasteiger partial charge in [-0.1, -0.05) is 36.4 Å². The Kier molecular flexibility index (Phi) is 2.74. The van der Waals surface area contributed by atoms with Crippen LogP contribution in [0, 0.1) is 11.3 Å². The Morgan fingerprint density at radius 3 is 2.00 bits per heavy atom. The minimum Gasteiger partial charge on any atom is -0.193 e. The highest BCUT2D eigenvalue weighted by Gasteiger charge is 2.24. The zero-order chi connectivity index (χ0) is 11.5. The third-order valence-electron chi connectivity index (χ3n) is 2.87. The van der Waals surface area contributed by atoms with E-state index in [9.17, 15) is 0 Å². The van der Waals surface area contributed by atoms with Crippen molar-refractivity contribution in [2.24, 2.45) is 0 Å². The van der Waals surface area contributed by atoms with Gasteiger partial charge in [-0.15, -0.1) is 0 Å². The van der Waals surface area contributed by atoms with E-state index >= 15 is 0 Å². The normalized spacial score (nSPS) is 21.4. The molecule has 0 heterocycles. The highest BCUT2D eigenvalue weighted by atomic mass is 14.3. The minimum atomic E-state index is 1.04. The maximum atomic E-state index is 8.85. The lowest BCUT2D eigenvalue weighted by Gasteiger charge is -2.00. The third-order valence-corrected chi connectivity index (χ3v) is 2.87. The fourth-order valence-corrected chi connectivity index (χ4v) is 2.23. The first-order chi connectivity index (χ1) is 7.83. The van der Waals surface area contributed by atoms with Crippen molar-refractivity contribution in [3.63, 3.8) is 0 Å². The Balaban J connectivity index is 2.77. The van der Waals surface area contributed by atoms with E-state index in [1.807, 2.05) is 26.0 Å². The Labute approximate surface area is 96.0 Å². The first kappa shape index (κ1) is 10.4. The molecule has 78 valence electrons. The molecule has 2 rings (SSSR count). The predicted octanol–water partition coefficient (Wildman–Crippen LogP) is 3.96. The lowest BCUT2D eigenvalue weighted by atomic mass is 10.0. The van der Waals surface area contributed by atoms with Crippen LogP contribution in [-0.2, 0) is 0 Å². The van der Waals surface area contributed by atoms with Gasteiger partial charge in [-0.2, -0.15) is 5.26 Å². The monoisotopic (exact) mass is 207 g/mol. The number of allylic oxidation sites excluding steroid dienone is 6. The first-order valence-corrected chi connectivity index (χ1v) is 5.36. The maximum Gasteiger partial charge on any atom is 0.0918 e. The lowest BCUT2D eigenvalue weighted by Crippen LogP contribution is -1.79. The van der Waals surface area contributed by atoms with Crippen LogP contribution in [0.1, 0.15) is 25.0 Å². The van der Waals surface area contributed by atoms with Crippen molar-refractivity contribution in [2.45, 2.75) is 13.8 Å². The quantitative estimate of drug-likeness (QED) is 0.591. The Hall–Kier alpha value is -2.07. The minimum absolute atomic E-state index is 1.04. The van der Waals surface area contributed by atoms with Crippen LogP contribution >= 0.6 is 0 Å². The molecule has 0 saturated carbocycles. The van der Waals surface area contributed by atoms with Crippen molar-refractivity contribution in [3.05, 3.63) is 59.2 Å². The Bertz CT molecular complexity index is 551. The summed E-state index contributed by atoms with van der Waals surface area (Å²) in [6.07, 6.45) is 5.80. The summed E-state index contributed by atoms with van der Waals surface area (Å²) in [5, 5.41) is 8.85. The Morgan fingerprint density at radius 1 is 0.938 bits per heavy atom. The molecule has 0 aromatic heterocycles. The van der Waals surface area contributed by atoms with Gasteiger partial charge in [0.05, 0.1) is 6.07 Å². The van der Waals surface area contributed by atoms with Crippen molar-refractivity contribution in [1.29, 1.82) is 5.26 Å². The van der Waals surface area contributed by atoms with Gasteiger partial charge in [-0.05, 0) is 36.1 Å². The molecule has 0 unspecified atom stereocenters. The van der Waals surface area contributed by atoms with Crippen molar-refractivity contribution < 1.29 is 0 Å². The molecule has 1 aliphatic rings. The summed E-state index contributed by atoms with van der Waals surface area (Å²) >= 11 is 0. The van der Waals surface area contributed by atoms with Crippen molar-refractivity contribution >= 4 is 11.1 Å². The predicted molar refractivity (Wildman–Crippen MR) is 67.4 cm³/mol. The van der Waals surface area contributed by atoms with Gasteiger partial charge < -0.3 is 0 Å². The molecule has 1 aromatic rings. The summed E-state index contributed by atoms with van der Waals surface area (Å²) in [6.45, 7) is 4.04. The average Bonchev–Trinajstić information content (AvgIpc) is 2.63. The largest absolute Gasteiger partial charge is 0.193 e. The number of nitriles is 1. The van der Waals surface area contributed by atoms with E-state index in [-0.39, 0.29) is 0 Å². The molecule has 1 aromatic carbocycles. The van der Waals surface area contributed by atoms with Crippen LogP contribution < -0.4 is 0 Å². The van der Waals surface area contributed by atoms with Crippen LogP contribution in [0.25, 0.3) is 11.1 Å². The molecule has 0 saturated heterocycles. The third kappa shape index (κ3) is 1.40. The summed E-state index contributed by atoms with van der Waals surface area (Å²) in [4.78, 5) is 0. The smallest absolute Gasteiger partial charge is 0.0918 e. The summed E-state index contributed by atoms with van der Waals surface area (Å²) in [7, 11) is 0. The highest BCUT2D eigenvalue weighted by Crippen LogP contribution is 2.44. The van der Waals surface area contributed by atoms with Gasteiger partial charge in [0, 0.05) is 11.6 Å². The number of benzene rings is 1. The van der Waals surface area contributed by atoms with Gasteiger partial charge in [-0.3, -0.25) is 0 Å². The van der Waals surface area contributed by atoms with Crippen LogP contribution in [0.15, 0.2) is 48.1 Å². The van der Waals surface area contributed by atoms with E-state index in [0.717, 1.165) is 16.7 Å². The lowest BCUT2D eigenvalue weighted by molar-refractivity contribution is 1.53. The molecule has 1 aliphatic carbocycles. The number of hydrogen-bond acceptors (Lipinski definition) is 1. The fourth-order valence-electron chi connectivity index (χ4n) is 2.23.